The van der Waals surface area contributed by atoms with E-state index >= 15 is 0 Å². The van der Waals surface area contributed by atoms with Crippen LogP contribution in [0.5, 0.6) is 0 Å². The molecule has 15 heavy (non-hydrogen) atoms. The van der Waals surface area contributed by atoms with Crippen molar-refractivity contribution >= 4 is 0 Å². The zero-order valence-corrected chi connectivity index (χ0v) is 9.06. The zero-order chi connectivity index (χ0) is 11.4. The second kappa shape index (κ2) is 4.90. The molecule has 0 saturated heterocycles. The van der Waals surface area contributed by atoms with Crippen molar-refractivity contribution in [1.29, 1.82) is 0 Å². The smallest absolute Gasteiger partial charge is 0.139 e. The molecule has 1 aromatic carbocycles. The Balaban J connectivity index is 2.94. The van der Waals surface area contributed by atoms with Crippen LogP contribution in [0.1, 0.15) is 11.1 Å². The molecule has 0 spiro atoms. The lowest BCUT2D eigenvalue weighted by atomic mass is 10.1. The summed E-state index contributed by atoms with van der Waals surface area (Å²) in [4.78, 5) is 1.86. The van der Waals surface area contributed by atoms with Gasteiger partial charge in [-0.25, -0.2) is 8.78 Å². The lowest BCUT2D eigenvalue weighted by molar-refractivity contribution is 0.464. The largest absolute Gasteiger partial charge is 0.299 e. The fraction of sp³-hybridized carbons (Fsp3) is 0.333. The fourth-order valence-corrected chi connectivity index (χ4v) is 1.03. The molecule has 0 aliphatic heterocycles. The number of nitrogens with zero attached hydrogens (tertiary/aromatic N) is 1. The molecule has 1 nitrogen and oxygen atoms in total. The first-order valence-corrected chi connectivity index (χ1v) is 4.60. The van der Waals surface area contributed by atoms with Gasteiger partial charge in [-0.3, -0.25) is 4.90 Å². The molecule has 3 heteroatoms. The van der Waals surface area contributed by atoms with Crippen molar-refractivity contribution in [3.8, 4) is 11.8 Å². The van der Waals surface area contributed by atoms with Crippen LogP contribution < -0.4 is 0 Å². The molecular formula is C12H13F2N. The molecule has 0 atom stereocenters. The normalized spacial score (nSPS) is 10.0. The Hall–Kier alpha value is -1.40. The van der Waals surface area contributed by atoms with E-state index in [2.05, 4.69) is 11.8 Å². The van der Waals surface area contributed by atoms with Gasteiger partial charge in [-0.15, -0.1) is 0 Å². The zero-order valence-electron chi connectivity index (χ0n) is 9.06. The molecule has 0 fully saturated rings. The highest BCUT2D eigenvalue weighted by Crippen LogP contribution is 2.12. The first-order chi connectivity index (χ1) is 7.00. The molecule has 0 aliphatic rings. The van der Waals surface area contributed by atoms with E-state index in [1.807, 2.05) is 19.0 Å². The van der Waals surface area contributed by atoms with Crippen LogP contribution in [0.2, 0.25) is 0 Å². The molecule has 0 saturated carbocycles. The maximum atomic E-state index is 13.3. The van der Waals surface area contributed by atoms with E-state index in [1.165, 1.54) is 6.92 Å². The summed E-state index contributed by atoms with van der Waals surface area (Å²) in [5.74, 6) is 4.47. The standard InChI is InChI=1S/C12H13F2N/c1-9-7-12(14)10(8-11(9)13)5-4-6-15(2)3/h7-8H,6H2,1-3H3. The minimum Gasteiger partial charge on any atom is -0.299 e. The van der Waals surface area contributed by atoms with Gasteiger partial charge in [-0.2, -0.15) is 0 Å². The summed E-state index contributed by atoms with van der Waals surface area (Å²) >= 11 is 0. The topological polar surface area (TPSA) is 3.24 Å². The van der Waals surface area contributed by atoms with Crippen LogP contribution in [0.15, 0.2) is 12.1 Å². The van der Waals surface area contributed by atoms with Gasteiger partial charge >= 0.3 is 0 Å². The second-order valence-electron chi connectivity index (χ2n) is 3.62. The molecule has 0 aromatic heterocycles. The van der Waals surface area contributed by atoms with Gasteiger partial charge in [0.05, 0.1) is 12.1 Å². The third kappa shape index (κ3) is 3.34. The number of rotatable bonds is 1. The molecule has 0 aliphatic carbocycles. The van der Waals surface area contributed by atoms with Crippen molar-refractivity contribution in [2.75, 3.05) is 20.6 Å². The molecule has 0 unspecified atom stereocenters. The Morgan fingerprint density at radius 2 is 1.87 bits per heavy atom. The van der Waals surface area contributed by atoms with Crippen LogP contribution in [0.4, 0.5) is 8.78 Å². The third-order valence-corrected chi connectivity index (χ3v) is 1.87. The van der Waals surface area contributed by atoms with Crippen molar-refractivity contribution in [2.24, 2.45) is 0 Å². The van der Waals surface area contributed by atoms with Gasteiger partial charge in [-0.05, 0) is 38.7 Å². The van der Waals surface area contributed by atoms with Gasteiger partial charge in [0.15, 0.2) is 0 Å². The van der Waals surface area contributed by atoms with Crippen LogP contribution in [0.25, 0.3) is 0 Å². The summed E-state index contributed by atoms with van der Waals surface area (Å²) in [6.45, 7) is 2.05. The summed E-state index contributed by atoms with van der Waals surface area (Å²) in [6, 6.07) is 2.29. The van der Waals surface area contributed by atoms with Crippen LogP contribution in [0, 0.1) is 30.4 Å². The first-order valence-electron chi connectivity index (χ1n) is 4.60. The molecule has 0 heterocycles. The van der Waals surface area contributed by atoms with E-state index in [9.17, 15) is 8.78 Å². The van der Waals surface area contributed by atoms with E-state index in [1.54, 1.807) is 0 Å². The average molecular weight is 209 g/mol. The summed E-state index contributed by atoms with van der Waals surface area (Å²) in [6.07, 6.45) is 0. The van der Waals surface area contributed by atoms with Crippen molar-refractivity contribution < 1.29 is 8.78 Å². The van der Waals surface area contributed by atoms with E-state index in [4.69, 9.17) is 0 Å². The lowest BCUT2D eigenvalue weighted by Crippen LogP contribution is -2.10. The molecule has 0 N–H and O–H groups in total. The summed E-state index contributed by atoms with van der Waals surface area (Å²) in [7, 11) is 3.72. The Morgan fingerprint density at radius 1 is 1.20 bits per heavy atom. The Morgan fingerprint density at radius 3 is 2.47 bits per heavy atom. The van der Waals surface area contributed by atoms with E-state index in [0.29, 0.717) is 12.1 Å². The molecule has 1 aromatic rings. The van der Waals surface area contributed by atoms with Gasteiger partial charge in [-0.1, -0.05) is 11.8 Å². The molecule has 1 rings (SSSR count). The molecule has 0 bridgehead atoms. The van der Waals surface area contributed by atoms with E-state index < -0.39 is 11.6 Å². The minimum atomic E-state index is -0.472. The van der Waals surface area contributed by atoms with Crippen molar-refractivity contribution in [3.63, 3.8) is 0 Å². The predicted molar refractivity (Wildman–Crippen MR) is 56.5 cm³/mol. The van der Waals surface area contributed by atoms with Gasteiger partial charge in [0, 0.05) is 0 Å². The van der Waals surface area contributed by atoms with E-state index in [0.717, 1.165) is 12.1 Å². The van der Waals surface area contributed by atoms with Crippen LogP contribution >= 0.6 is 0 Å². The summed E-state index contributed by atoms with van der Waals surface area (Å²) in [5, 5.41) is 0. The van der Waals surface area contributed by atoms with Crippen molar-refractivity contribution in [1.82, 2.24) is 4.90 Å². The Bertz CT molecular complexity index is 414. The SMILES string of the molecule is Cc1cc(F)c(C#CCN(C)C)cc1F. The highest BCUT2D eigenvalue weighted by Gasteiger charge is 2.04. The number of halogens is 2. The fourth-order valence-electron chi connectivity index (χ4n) is 1.03. The summed E-state index contributed by atoms with van der Waals surface area (Å²) < 4.78 is 26.4. The summed E-state index contributed by atoms with van der Waals surface area (Å²) in [5.41, 5.74) is 0.408. The number of benzene rings is 1. The molecule has 0 amide bonds. The first kappa shape index (κ1) is 11.7. The van der Waals surface area contributed by atoms with Gasteiger partial charge in [0.2, 0.25) is 0 Å². The minimum absolute atomic E-state index is 0.111. The van der Waals surface area contributed by atoms with Crippen LogP contribution in [-0.4, -0.2) is 25.5 Å². The van der Waals surface area contributed by atoms with Crippen LogP contribution in [0.3, 0.4) is 0 Å². The van der Waals surface area contributed by atoms with Gasteiger partial charge in [0.1, 0.15) is 11.6 Å². The quantitative estimate of drug-likeness (QED) is 0.641. The maximum Gasteiger partial charge on any atom is 0.139 e. The maximum absolute atomic E-state index is 13.3. The third-order valence-electron chi connectivity index (χ3n) is 1.87. The lowest BCUT2D eigenvalue weighted by Gasteiger charge is -2.02. The molecule has 0 radical (unpaired) electrons. The van der Waals surface area contributed by atoms with E-state index in [-0.39, 0.29) is 5.56 Å². The van der Waals surface area contributed by atoms with Crippen molar-refractivity contribution in [2.45, 2.75) is 6.92 Å². The Labute approximate surface area is 88.7 Å². The predicted octanol–water partition coefficient (Wildman–Crippen LogP) is 2.19. The van der Waals surface area contributed by atoms with Gasteiger partial charge < -0.3 is 0 Å². The highest BCUT2D eigenvalue weighted by molar-refractivity contribution is 5.38. The average Bonchev–Trinajstić information content (AvgIpc) is 2.13. The molecular weight excluding hydrogens is 196 g/mol. The van der Waals surface area contributed by atoms with Gasteiger partial charge in [0.25, 0.3) is 0 Å². The Kier molecular flexibility index (Phi) is 3.81. The number of aryl methyl sites for hydroxylation is 1. The number of hydrogen-bond donors (Lipinski definition) is 0. The van der Waals surface area contributed by atoms with Crippen LogP contribution in [-0.2, 0) is 0 Å². The second-order valence-corrected chi connectivity index (χ2v) is 3.62. The highest BCUT2D eigenvalue weighted by atomic mass is 19.1. The molecule has 80 valence electrons. The monoisotopic (exact) mass is 209 g/mol. The van der Waals surface area contributed by atoms with Crippen molar-refractivity contribution in [3.05, 3.63) is 34.9 Å². The number of hydrogen-bond acceptors (Lipinski definition) is 1.